The monoisotopic (exact) mass is 523 g/mol. The first-order chi connectivity index (χ1) is 16.4. The number of anilines is 2. The van der Waals surface area contributed by atoms with Crippen LogP contribution < -0.4 is 10.2 Å². The van der Waals surface area contributed by atoms with Gasteiger partial charge in [0.25, 0.3) is 0 Å². The molecule has 0 radical (unpaired) electrons. The van der Waals surface area contributed by atoms with Crippen molar-refractivity contribution in [1.82, 2.24) is 4.90 Å². The second-order valence-corrected chi connectivity index (χ2v) is 10.4. The van der Waals surface area contributed by atoms with E-state index in [1.807, 2.05) is 43.0 Å². The van der Waals surface area contributed by atoms with E-state index in [1.54, 1.807) is 6.07 Å². The van der Waals surface area contributed by atoms with Gasteiger partial charge in [-0.1, -0.05) is 40.9 Å². The van der Waals surface area contributed by atoms with Crippen LogP contribution in [0.3, 0.4) is 0 Å². The minimum Gasteiger partial charge on any atom is -0.377 e. The summed E-state index contributed by atoms with van der Waals surface area (Å²) in [6.45, 7) is 7.99. The van der Waals surface area contributed by atoms with Crippen LogP contribution in [0, 0.1) is 5.92 Å². The Morgan fingerprint density at radius 2 is 1.82 bits per heavy atom. The van der Waals surface area contributed by atoms with Crippen LogP contribution in [0.4, 0.5) is 11.4 Å². The average Bonchev–Trinajstić information content (AvgIpc) is 3.29. The Kier molecular flexibility index (Phi) is 8.52. The number of carbonyl (C=O) groups excluding carboxylic acids is 1. The summed E-state index contributed by atoms with van der Waals surface area (Å²) < 4.78 is 5.70. The summed E-state index contributed by atoms with van der Waals surface area (Å²) in [5.74, 6) is 0.377. The van der Waals surface area contributed by atoms with Gasteiger partial charge < -0.3 is 19.9 Å². The summed E-state index contributed by atoms with van der Waals surface area (Å²) in [5, 5.41) is 5.38. The predicted molar refractivity (Wildman–Crippen MR) is 141 cm³/mol. The molecule has 0 spiro atoms. The first-order valence-corrected chi connectivity index (χ1v) is 13.2. The van der Waals surface area contributed by atoms with Crippen molar-refractivity contribution < 1.29 is 9.53 Å². The van der Waals surface area contributed by atoms with Gasteiger partial charge in [-0.05, 0) is 69.0 Å². The van der Waals surface area contributed by atoms with Crippen LogP contribution in [-0.2, 0) is 9.53 Å². The Balaban J connectivity index is 1.36. The minimum absolute atomic E-state index is 0.0400. The van der Waals surface area contributed by atoms with Crippen LogP contribution in [0.5, 0.6) is 0 Å². The van der Waals surface area contributed by atoms with E-state index in [9.17, 15) is 4.79 Å². The molecule has 0 saturated carbocycles. The molecule has 4 rings (SSSR count). The molecule has 8 heteroatoms. The lowest BCUT2D eigenvalue weighted by Crippen LogP contribution is -2.42. The van der Waals surface area contributed by atoms with E-state index >= 15 is 0 Å². The van der Waals surface area contributed by atoms with Crippen LogP contribution in [0.1, 0.15) is 44.7 Å². The summed E-state index contributed by atoms with van der Waals surface area (Å²) in [6, 6.07) is 11.5. The lowest BCUT2D eigenvalue weighted by Gasteiger charge is -2.35. The molecule has 1 unspecified atom stereocenters. The van der Waals surface area contributed by atoms with Crippen molar-refractivity contribution in [1.29, 1.82) is 0 Å². The van der Waals surface area contributed by atoms with E-state index in [2.05, 4.69) is 16.3 Å². The predicted octanol–water partition coefficient (Wildman–Crippen LogP) is 6.67. The number of nitrogens with zero attached hydrogens (tertiary/aromatic N) is 2. The first-order valence-electron chi connectivity index (χ1n) is 12.0. The van der Waals surface area contributed by atoms with Gasteiger partial charge in [-0.2, -0.15) is 0 Å². The van der Waals surface area contributed by atoms with Gasteiger partial charge in [0.05, 0.1) is 22.9 Å². The van der Waals surface area contributed by atoms with E-state index in [4.69, 9.17) is 39.5 Å². The Bertz CT molecular complexity index is 1010. The highest BCUT2D eigenvalue weighted by Gasteiger charge is 2.33. The third-order valence-electron chi connectivity index (χ3n) is 6.82. The van der Waals surface area contributed by atoms with Crippen molar-refractivity contribution in [2.45, 2.75) is 45.3 Å². The zero-order valence-electron chi connectivity index (χ0n) is 19.7. The topological polar surface area (TPSA) is 44.8 Å². The van der Waals surface area contributed by atoms with Gasteiger partial charge >= 0.3 is 0 Å². The van der Waals surface area contributed by atoms with Gasteiger partial charge in [-0.3, -0.25) is 4.79 Å². The number of benzene rings is 2. The molecule has 34 heavy (non-hydrogen) atoms. The molecule has 184 valence electrons. The highest BCUT2D eigenvalue weighted by Crippen LogP contribution is 2.34. The fourth-order valence-corrected chi connectivity index (χ4v) is 5.67. The van der Waals surface area contributed by atoms with Crippen LogP contribution in [-0.4, -0.2) is 49.7 Å². The molecular weight excluding hydrogens is 493 g/mol. The molecule has 0 bridgehead atoms. The molecule has 1 amide bonds. The van der Waals surface area contributed by atoms with Crippen LogP contribution >= 0.6 is 34.8 Å². The molecule has 2 aromatic rings. The van der Waals surface area contributed by atoms with Crippen molar-refractivity contribution in [3.05, 3.63) is 57.0 Å². The lowest BCUT2D eigenvalue weighted by molar-refractivity contribution is -0.135. The number of halogens is 3. The Hall–Kier alpha value is -1.66. The van der Waals surface area contributed by atoms with E-state index in [-0.39, 0.29) is 24.0 Å². The number of carbonyl (C=O) groups is 1. The van der Waals surface area contributed by atoms with Crippen molar-refractivity contribution in [2.75, 3.05) is 43.0 Å². The van der Waals surface area contributed by atoms with E-state index in [0.717, 1.165) is 62.4 Å². The molecule has 2 fully saturated rings. The average molecular weight is 525 g/mol. The fourth-order valence-electron chi connectivity index (χ4n) is 4.93. The molecule has 5 nitrogen and oxygen atoms in total. The van der Waals surface area contributed by atoms with Gasteiger partial charge in [0, 0.05) is 54.4 Å². The largest absolute Gasteiger partial charge is 0.377 e. The summed E-state index contributed by atoms with van der Waals surface area (Å²) >= 11 is 18.9. The number of ether oxygens (including phenoxy) is 1. The number of likely N-dealkylation sites (tertiary alicyclic amines) is 1. The maximum atomic E-state index is 13.0. The van der Waals surface area contributed by atoms with Gasteiger partial charge in [0.2, 0.25) is 5.91 Å². The first kappa shape index (κ1) is 25.4. The van der Waals surface area contributed by atoms with E-state index in [1.165, 1.54) is 0 Å². The number of nitrogens with one attached hydrogen (secondary N) is 1. The molecule has 1 N–H and O–H groups in total. The summed E-state index contributed by atoms with van der Waals surface area (Å²) in [6.07, 6.45) is 2.85. The summed E-state index contributed by atoms with van der Waals surface area (Å²) in [5.41, 5.74) is 2.92. The van der Waals surface area contributed by atoms with Crippen LogP contribution in [0.25, 0.3) is 0 Å². The minimum atomic E-state index is -0.0400. The van der Waals surface area contributed by atoms with Gasteiger partial charge in [-0.15, -0.1) is 0 Å². The molecule has 0 aromatic heterocycles. The number of rotatable bonds is 7. The SMILES string of the molecule is CCOC1CCN(C(=O)C2CCN(c3ccc(Cl)c(N[C@H](C)c4ccc(Cl)cc4Cl)c3)CC2)C1. The Morgan fingerprint density at radius 3 is 2.53 bits per heavy atom. The Morgan fingerprint density at radius 1 is 1.06 bits per heavy atom. The zero-order valence-corrected chi connectivity index (χ0v) is 22.0. The molecule has 2 atom stereocenters. The third-order valence-corrected chi connectivity index (χ3v) is 7.71. The second kappa shape index (κ2) is 11.4. The lowest BCUT2D eigenvalue weighted by atomic mass is 9.95. The number of hydrogen-bond acceptors (Lipinski definition) is 4. The van der Waals surface area contributed by atoms with Crippen LogP contribution in [0.15, 0.2) is 36.4 Å². The Labute approximate surface area is 217 Å². The van der Waals surface area contributed by atoms with Crippen molar-refractivity contribution in [2.24, 2.45) is 5.92 Å². The summed E-state index contributed by atoms with van der Waals surface area (Å²) in [4.78, 5) is 17.3. The van der Waals surface area contributed by atoms with Crippen molar-refractivity contribution in [3.8, 4) is 0 Å². The van der Waals surface area contributed by atoms with Gasteiger partial charge in [0.15, 0.2) is 0 Å². The summed E-state index contributed by atoms with van der Waals surface area (Å²) in [7, 11) is 0. The molecular formula is C26H32Cl3N3O2. The number of amides is 1. The highest BCUT2D eigenvalue weighted by atomic mass is 35.5. The quantitative estimate of drug-likeness (QED) is 0.439. The fraction of sp³-hybridized carbons (Fsp3) is 0.500. The normalized spacial score (nSPS) is 20.0. The number of hydrogen-bond donors (Lipinski definition) is 1. The smallest absolute Gasteiger partial charge is 0.225 e. The highest BCUT2D eigenvalue weighted by molar-refractivity contribution is 6.35. The number of piperidine rings is 1. The van der Waals surface area contributed by atoms with Crippen LogP contribution in [0.2, 0.25) is 15.1 Å². The van der Waals surface area contributed by atoms with Gasteiger partial charge in [0.1, 0.15) is 0 Å². The van der Waals surface area contributed by atoms with Gasteiger partial charge in [-0.25, -0.2) is 0 Å². The van der Waals surface area contributed by atoms with Crippen molar-refractivity contribution in [3.63, 3.8) is 0 Å². The van der Waals surface area contributed by atoms with Crippen molar-refractivity contribution >= 4 is 52.1 Å². The standard InChI is InChI=1S/C26H32Cl3N3O2/c1-3-34-21-10-13-32(16-21)26(33)18-8-11-31(12-9-18)20-5-7-23(28)25(15-20)30-17(2)22-6-4-19(27)14-24(22)29/h4-7,14-15,17-18,21,30H,3,8-13,16H2,1-2H3/t17-,21?/m1/s1. The molecule has 2 aromatic carbocycles. The molecule has 2 aliphatic heterocycles. The molecule has 2 saturated heterocycles. The second-order valence-electron chi connectivity index (χ2n) is 9.11. The molecule has 0 aliphatic carbocycles. The molecule has 2 heterocycles. The van der Waals surface area contributed by atoms with E-state index in [0.29, 0.717) is 21.7 Å². The third kappa shape index (κ3) is 5.93. The maximum absolute atomic E-state index is 13.0. The van der Waals surface area contributed by atoms with E-state index < -0.39 is 0 Å². The maximum Gasteiger partial charge on any atom is 0.225 e. The zero-order chi connectivity index (χ0) is 24.2. The molecule has 2 aliphatic rings.